The molecule has 2 nitrogen and oxygen atoms in total. The molecule has 0 heterocycles. The van der Waals surface area contributed by atoms with Gasteiger partial charge >= 0.3 is 0 Å². The molecule has 0 aliphatic carbocycles. The third-order valence-electron chi connectivity index (χ3n) is 3.51. The number of hydrogen-bond acceptors (Lipinski definition) is 2. The molecule has 0 bridgehead atoms. The fraction of sp³-hybridized carbons (Fsp3) is 0.111. The summed E-state index contributed by atoms with van der Waals surface area (Å²) in [5.41, 5.74) is 7.95. The summed E-state index contributed by atoms with van der Waals surface area (Å²) in [6.07, 6.45) is 0. The smallest absolute Gasteiger partial charge is 0.120 e. The Bertz CT molecular complexity index is 765. The summed E-state index contributed by atoms with van der Waals surface area (Å²) in [5.74, 6) is 0.839. The Labute approximate surface area is 132 Å². The molecule has 0 atom stereocenters. The molecule has 21 heavy (non-hydrogen) atoms. The van der Waals surface area contributed by atoms with Crippen molar-refractivity contribution in [2.75, 3.05) is 0 Å². The SMILES string of the molecule is NCc1cc(OCc2cccc3ccccc23)ccc1Br. The van der Waals surface area contributed by atoms with E-state index in [9.17, 15) is 0 Å². The lowest BCUT2D eigenvalue weighted by molar-refractivity contribution is 0.307. The maximum Gasteiger partial charge on any atom is 0.120 e. The number of hydrogen-bond donors (Lipinski definition) is 1. The molecule has 0 saturated carbocycles. The van der Waals surface area contributed by atoms with Crippen molar-refractivity contribution in [3.63, 3.8) is 0 Å². The zero-order valence-corrected chi connectivity index (χ0v) is 13.1. The molecule has 0 saturated heterocycles. The summed E-state index contributed by atoms with van der Waals surface area (Å²) in [6, 6.07) is 20.5. The standard InChI is InChI=1S/C18H16BrNO/c19-18-9-8-16(10-15(18)11-20)21-12-14-6-3-5-13-4-1-2-7-17(13)14/h1-10H,11-12,20H2. The first kappa shape index (κ1) is 14.1. The Morgan fingerprint density at radius 2 is 1.71 bits per heavy atom. The molecule has 2 N–H and O–H groups in total. The molecule has 3 heteroatoms. The summed E-state index contributed by atoms with van der Waals surface area (Å²) >= 11 is 3.48. The van der Waals surface area contributed by atoms with Gasteiger partial charge in [-0.2, -0.15) is 0 Å². The van der Waals surface area contributed by atoms with E-state index < -0.39 is 0 Å². The van der Waals surface area contributed by atoms with E-state index in [4.69, 9.17) is 10.5 Å². The number of fused-ring (bicyclic) bond motifs is 1. The lowest BCUT2D eigenvalue weighted by Gasteiger charge is -2.11. The van der Waals surface area contributed by atoms with Crippen LogP contribution in [0.4, 0.5) is 0 Å². The zero-order valence-electron chi connectivity index (χ0n) is 11.6. The van der Waals surface area contributed by atoms with E-state index in [1.807, 2.05) is 18.2 Å². The zero-order chi connectivity index (χ0) is 14.7. The molecular formula is C18H16BrNO. The van der Waals surface area contributed by atoms with Crippen LogP contribution < -0.4 is 10.5 Å². The first-order valence-electron chi connectivity index (χ1n) is 6.86. The summed E-state index contributed by atoms with van der Waals surface area (Å²) in [6.45, 7) is 1.04. The number of benzene rings is 3. The Morgan fingerprint density at radius 3 is 2.57 bits per heavy atom. The highest BCUT2D eigenvalue weighted by molar-refractivity contribution is 9.10. The number of rotatable bonds is 4. The van der Waals surface area contributed by atoms with Crippen molar-refractivity contribution < 1.29 is 4.74 Å². The number of nitrogens with two attached hydrogens (primary N) is 1. The van der Waals surface area contributed by atoms with E-state index in [1.165, 1.54) is 16.3 Å². The van der Waals surface area contributed by atoms with Crippen LogP contribution in [0.5, 0.6) is 5.75 Å². The van der Waals surface area contributed by atoms with Gasteiger partial charge in [0.05, 0.1) is 0 Å². The maximum atomic E-state index is 5.92. The molecule has 3 aromatic carbocycles. The van der Waals surface area contributed by atoms with Gasteiger partial charge in [0, 0.05) is 11.0 Å². The lowest BCUT2D eigenvalue weighted by atomic mass is 10.1. The molecule has 0 aromatic heterocycles. The minimum atomic E-state index is 0.492. The van der Waals surface area contributed by atoms with E-state index in [1.54, 1.807) is 0 Å². The number of halogens is 1. The van der Waals surface area contributed by atoms with Crippen LogP contribution in [0.15, 0.2) is 65.1 Å². The van der Waals surface area contributed by atoms with Crippen molar-refractivity contribution in [1.29, 1.82) is 0 Å². The van der Waals surface area contributed by atoms with Crippen LogP contribution in [-0.4, -0.2) is 0 Å². The first-order valence-corrected chi connectivity index (χ1v) is 7.65. The molecule has 0 unspecified atom stereocenters. The third kappa shape index (κ3) is 3.09. The first-order chi connectivity index (χ1) is 10.3. The van der Waals surface area contributed by atoms with Crippen LogP contribution in [0.25, 0.3) is 10.8 Å². The van der Waals surface area contributed by atoms with Crippen LogP contribution in [0, 0.1) is 0 Å². The molecule has 0 radical (unpaired) electrons. The predicted molar refractivity (Wildman–Crippen MR) is 90.3 cm³/mol. The number of ether oxygens (including phenoxy) is 1. The molecule has 0 aliphatic rings. The highest BCUT2D eigenvalue weighted by atomic mass is 79.9. The van der Waals surface area contributed by atoms with Crippen molar-refractivity contribution in [1.82, 2.24) is 0 Å². The van der Waals surface area contributed by atoms with E-state index in [0.717, 1.165) is 15.8 Å². The largest absolute Gasteiger partial charge is 0.489 e. The summed E-state index contributed by atoms with van der Waals surface area (Å²) in [5, 5.41) is 2.47. The fourth-order valence-corrected chi connectivity index (χ4v) is 2.79. The van der Waals surface area contributed by atoms with Crippen molar-refractivity contribution in [3.05, 3.63) is 76.3 Å². The van der Waals surface area contributed by atoms with Crippen LogP contribution in [-0.2, 0) is 13.2 Å². The maximum absolute atomic E-state index is 5.92. The van der Waals surface area contributed by atoms with Crippen LogP contribution in [0.3, 0.4) is 0 Å². The predicted octanol–water partition coefficient (Wildman–Crippen LogP) is 4.64. The normalized spacial score (nSPS) is 10.8. The van der Waals surface area contributed by atoms with Crippen molar-refractivity contribution in [2.24, 2.45) is 5.73 Å². The van der Waals surface area contributed by atoms with E-state index in [0.29, 0.717) is 13.2 Å². The molecular weight excluding hydrogens is 326 g/mol. The molecule has 106 valence electrons. The van der Waals surface area contributed by atoms with Crippen molar-refractivity contribution in [3.8, 4) is 5.75 Å². The summed E-state index contributed by atoms with van der Waals surface area (Å²) in [7, 11) is 0. The van der Waals surface area contributed by atoms with Gasteiger partial charge in [0.15, 0.2) is 0 Å². The second kappa shape index (κ2) is 6.29. The Balaban J connectivity index is 1.83. The average Bonchev–Trinajstić information content (AvgIpc) is 2.54. The molecule has 0 spiro atoms. The average molecular weight is 342 g/mol. The summed E-state index contributed by atoms with van der Waals surface area (Å²) < 4.78 is 6.94. The van der Waals surface area contributed by atoms with Crippen LogP contribution in [0.1, 0.15) is 11.1 Å². The van der Waals surface area contributed by atoms with E-state index in [2.05, 4.69) is 58.4 Å². The second-order valence-corrected chi connectivity index (χ2v) is 5.74. The highest BCUT2D eigenvalue weighted by Gasteiger charge is 2.04. The molecule has 3 aromatic rings. The topological polar surface area (TPSA) is 35.2 Å². The molecule has 0 fully saturated rings. The Morgan fingerprint density at radius 1 is 0.905 bits per heavy atom. The van der Waals surface area contributed by atoms with Crippen molar-refractivity contribution >= 4 is 26.7 Å². The Hall–Kier alpha value is -1.84. The van der Waals surface area contributed by atoms with Gasteiger partial charge < -0.3 is 10.5 Å². The third-order valence-corrected chi connectivity index (χ3v) is 4.28. The lowest BCUT2D eigenvalue weighted by Crippen LogP contribution is -2.00. The monoisotopic (exact) mass is 341 g/mol. The van der Waals surface area contributed by atoms with Gasteiger partial charge in [-0.25, -0.2) is 0 Å². The van der Waals surface area contributed by atoms with Gasteiger partial charge in [0.2, 0.25) is 0 Å². The van der Waals surface area contributed by atoms with Gasteiger partial charge in [-0.15, -0.1) is 0 Å². The molecule has 0 amide bonds. The Kier molecular flexibility index (Phi) is 4.23. The highest BCUT2D eigenvalue weighted by Crippen LogP contribution is 2.24. The molecule has 0 aliphatic heterocycles. The minimum Gasteiger partial charge on any atom is -0.489 e. The van der Waals surface area contributed by atoms with Crippen LogP contribution >= 0.6 is 15.9 Å². The van der Waals surface area contributed by atoms with Gasteiger partial charge in [-0.1, -0.05) is 58.4 Å². The van der Waals surface area contributed by atoms with Crippen LogP contribution in [0.2, 0.25) is 0 Å². The molecule has 3 rings (SSSR count). The van der Waals surface area contributed by atoms with E-state index >= 15 is 0 Å². The van der Waals surface area contributed by atoms with Gasteiger partial charge in [-0.3, -0.25) is 0 Å². The van der Waals surface area contributed by atoms with Gasteiger partial charge in [0.25, 0.3) is 0 Å². The summed E-state index contributed by atoms with van der Waals surface area (Å²) in [4.78, 5) is 0. The van der Waals surface area contributed by atoms with Crippen molar-refractivity contribution in [2.45, 2.75) is 13.2 Å². The van der Waals surface area contributed by atoms with E-state index in [-0.39, 0.29) is 0 Å². The second-order valence-electron chi connectivity index (χ2n) is 4.88. The quantitative estimate of drug-likeness (QED) is 0.750. The fourth-order valence-electron chi connectivity index (χ4n) is 2.38. The minimum absolute atomic E-state index is 0.492. The van der Waals surface area contributed by atoms with Gasteiger partial charge in [-0.05, 0) is 40.1 Å². The van der Waals surface area contributed by atoms with Gasteiger partial charge in [0.1, 0.15) is 12.4 Å².